The highest BCUT2D eigenvalue weighted by molar-refractivity contribution is 5.92. The number of carbonyl (C=O) groups is 1. The van der Waals surface area contributed by atoms with Crippen LogP contribution in [0.1, 0.15) is 31.7 Å². The molecule has 1 aromatic rings. The van der Waals surface area contributed by atoms with Crippen LogP contribution in [0.4, 0.5) is 5.69 Å². The number of nitrogens with two attached hydrogens (primary N) is 1. The smallest absolute Gasteiger partial charge is 0.224 e. The van der Waals surface area contributed by atoms with E-state index in [4.69, 9.17) is 11.0 Å². The molecule has 0 radical (unpaired) electrons. The Balaban J connectivity index is 2.48. The van der Waals surface area contributed by atoms with Gasteiger partial charge in [0.1, 0.15) is 6.07 Å². The van der Waals surface area contributed by atoms with Crippen molar-refractivity contribution in [1.29, 1.82) is 5.26 Å². The number of benzene rings is 1. The van der Waals surface area contributed by atoms with Gasteiger partial charge in [-0.25, -0.2) is 0 Å². The van der Waals surface area contributed by atoms with Crippen molar-refractivity contribution < 1.29 is 4.79 Å². The monoisotopic (exact) mass is 245 g/mol. The summed E-state index contributed by atoms with van der Waals surface area (Å²) < 4.78 is 0. The summed E-state index contributed by atoms with van der Waals surface area (Å²) in [5, 5.41) is 11.7. The minimum Gasteiger partial charge on any atom is -0.330 e. The van der Waals surface area contributed by atoms with E-state index in [1.165, 1.54) is 0 Å². The summed E-state index contributed by atoms with van der Waals surface area (Å²) in [5.74, 6) is 0.397. The van der Waals surface area contributed by atoms with Gasteiger partial charge in [0.05, 0.1) is 11.3 Å². The van der Waals surface area contributed by atoms with Crippen molar-refractivity contribution in [3.63, 3.8) is 0 Å². The Morgan fingerprint density at radius 1 is 1.44 bits per heavy atom. The second kappa shape index (κ2) is 7.46. The van der Waals surface area contributed by atoms with E-state index in [1.54, 1.807) is 24.3 Å². The van der Waals surface area contributed by atoms with Crippen molar-refractivity contribution >= 4 is 11.6 Å². The molecule has 4 nitrogen and oxygen atoms in total. The van der Waals surface area contributed by atoms with Crippen LogP contribution in [0.2, 0.25) is 0 Å². The molecular weight excluding hydrogens is 226 g/mol. The molecule has 4 heteroatoms. The fourth-order valence-corrected chi connectivity index (χ4v) is 1.71. The first kappa shape index (κ1) is 14.2. The highest BCUT2D eigenvalue weighted by Gasteiger charge is 2.08. The molecule has 0 bridgehead atoms. The van der Waals surface area contributed by atoms with Gasteiger partial charge < -0.3 is 11.1 Å². The summed E-state index contributed by atoms with van der Waals surface area (Å²) in [6.07, 6.45) is 2.21. The Labute approximate surface area is 108 Å². The Bertz CT molecular complexity index is 437. The summed E-state index contributed by atoms with van der Waals surface area (Å²) >= 11 is 0. The van der Waals surface area contributed by atoms with Gasteiger partial charge in [-0.1, -0.05) is 19.1 Å². The summed E-state index contributed by atoms with van der Waals surface area (Å²) in [6.45, 7) is 2.74. The van der Waals surface area contributed by atoms with Crippen molar-refractivity contribution in [1.82, 2.24) is 0 Å². The first-order chi connectivity index (χ1) is 8.67. The summed E-state index contributed by atoms with van der Waals surface area (Å²) in [7, 11) is 0. The van der Waals surface area contributed by atoms with Gasteiger partial charge in [0.2, 0.25) is 5.91 Å². The van der Waals surface area contributed by atoms with Crippen LogP contribution in [0.25, 0.3) is 0 Å². The molecule has 1 rings (SSSR count). The van der Waals surface area contributed by atoms with Gasteiger partial charge >= 0.3 is 0 Å². The summed E-state index contributed by atoms with van der Waals surface area (Å²) in [6, 6.07) is 9.05. The molecule has 0 saturated carbocycles. The molecule has 1 atom stereocenters. The standard InChI is InChI=1S/C14H19N3O/c1-11(8-9-15)6-7-14(18)17-13-5-3-2-4-12(13)10-16/h2-5,11H,6-9,15H2,1H3,(H,17,18). The third-order valence-corrected chi connectivity index (χ3v) is 2.85. The van der Waals surface area contributed by atoms with E-state index in [0.717, 1.165) is 12.8 Å². The van der Waals surface area contributed by atoms with Crippen molar-refractivity contribution in [3.05, 3.63) is 29.8 Å². The third kappa shape index (κ3) is 4.56. The number of nitriles is 1. The van der Waals surface area contributed by atoms with E-state index >= 15 is 0 Å². The fourth-order valence-electron chi connectivity index (χ4n) is 1.71. The van der Waals surface area contributed by atoms with E-state index in [1.807, 2.05) is 0 Å². The van der Waals surface area contributed by atoms with Gasteiger partial charge in [0.15, 0.2) is 0 Å². The third-order valence-electron chi connectivity index (χ3n) is 2.85. The van der Waals surface area contributed by atoms with Crippen LogP contribution >= 0.6 is 0 Å². The summed E-state index contributed by atoms with van der Waals surface area (Å²) in [5.41, 5.74) is 6.53. The summed E-state index contributed by atoms with van der Waals surface area (Å²) in [4.78, 5) is 11.7. The molecule has 0 heterocycles. The molecule has 0 aliphatic rings. The number of anilines is 1. The number of nitrogens with zero attached hydrogens (tertiary/aromatic N) is 1. The predicted octanol–water partition coefficient (Wildman–Crippen LogP) is 2.26. The maximum Gasteiger partial charge on any atom is 0.224 e. The van der Waals surface area contributed by atoms with Gasteiger partial charge in [-0.15, -0.1) is 0 Å². The topological polar surface area (TPSA) is 78.9 Å². The molecule has 1 aromatic carbocycles. The average Bonchev–Trinajstić information content (AvgIpc) is 2.37. The first-order valence-corrected chi connectivity index (χ1v) is 6.16. The molecule has 3 N–H and O–H groups in total. The van der Waals surface area contributed by atoms with Crippen molar-refractivity contribution in [3.8, 4) is 6.07 Å². The van der Waals surface area contributed by atoms with Crippen LogP contribution in [0.3, 0.4) is 0 Å². The van der Waals surface area contributed by atoms with E-state index < -0.39 is 0 Å². The molecular formula is C14H19N3O. The lowest BCUT2D eigenvalue weighted by Crippen LogP contribution is -2.14. The van der Waals surface area contributed by atoms with Crippen LogP contribution in [0.15, 0.2) is 24.3 Å². The fraction of sp³-hybridized carbons (Fsp3) is 0.429. The lowest BCUT2D eigenvalue weighted by atomic mass is 10.0. The number of hydrogen-bond donors (Lipinski definition) is 2. The highest BCUT2D eigenvalue weighted by atomic mass is 16.1. The maximum absolute atomic E-state index is 11.7. The lowest BCUT2D eigenvalue weighted by Gasteiger charge is -2.10. The van der Waals surface area contributed by atoms with Crippen LogP contribution in [0.5, 0.6) is 0 Å². The molecule has 0 aromatic heterocycles. The first-order valence-electron chi connectivity index (χ1n) is 6.16. The zero-order valence-corrected chi connectivity index (χ0v) is 10.6. The van der Waals surface area contributed by atoms with E-state index in [-0.39, 0.29) is 5.91 Å². The number of carbonyl (C=O) groups excluding carboxylic acids is 1. The quantitative estimate of drug-likeness (QED) is 0.806. The van der Waals surface area contributed by atoms with Crippen LogP contribution in [0, 0.1) is 17.2 Å². The van der Waals surface area contributed by atoms with Gasteiger partial charge in [-0.05, 0) is 37.4 Å². The zero-order valence-electron chi connectivity index (χ0n) is 10.6. The number of rotatable bonds is 6. The number of para-hydroxylation sites is 1. The van der Waals surface area contributed by atoms with E-state index in [0.29, 0.717) is 30.1 Å². The minimum atomic E-state index is -0.0541. The second-order valence-electron chi connectivity index (χ2n) is 4.43. The minimum absolute atomic E-state index is 0.0541. The zero-order chi connectivity index (χ0) is 13.4. The van der Waals surface area contributed by atoms with Gasteiger partial charge in [-0.3, -0.25) is 4.79 Å². The lowest BCUT2D eigenvalue weighted by molar-refractivity contribution is -0.116. The second-order valence-corrected chi connectivity index (χ2v) is 4.43. The normalized spacial score (nSPS) is 11.6. The van der Waals surface area contributed by atoms with E-state index in [9.17, 15) is 4.79 Å². The van der Waals surface area contributed by atoms with Gasteiger partial charge in [0, 0.05) is 6.42 Å². The maximum atomic E-state index is 11.7. The number of hydrogen-bond acceptors (Lipinski definition) is 3. The Hall–Kier alpha value is -1.86. The number of amides is 1. The highest BCUT2D eigenvalue weighted by Crippen LogP contribution is 2.15. The largest absolute Gasteiger partial charge is 0.330 e. The molecule has 0 aliphatic carbocycles. The van der Waals surface area contributed by atoms with Crippen LogP contribution in [-0.2, 0) is 4.79 Å². The predicted molar refractivity (Wildman–Crippen MR) is 71.9 cm³/mol. The van der Waals surface area contributed by atoms with Gasteiger partial charge in [0.25, 0.3) is 0 Å². The molecule has 0 aliphatic heterocycles. The van der Waals surface area contributed by atoms with Crippen LogP contribution in [-0.4, -0.2) is 12.5 Å². The molecule has 0 saturated heterocycles. The van der Waals surface area contributed by atoms with Crippen molar-refractivity contribution in [2.45, 2.75) is 26.2 Å². The molecule has 96 valence electrons. The van der Waals surface area contributed by atoms with Crippen LogP contribution < -0.4 is 11.1 Å². The molecule has 0 spiro atoms. The SMILES string of the molecule is CC(CCN)CCC(=O)Nc1ccccc1C#N. The van der Waals surface area contributed by atoms with Crippen molar-refractivity contribution in [2.75, 3.05) is 11.9 Å². The Kier molecular flexibility index (Phi) is 5.89. The molecule has 0 fully saturated rings. The Morgan fingerprint density at radius 3 is 2.83 bits per heavy atom. The number of nitrogens with one attached hydrogen (secondary N) is 1. The average molecular weight is 245 g/mol. The van der Waals surface area contributed by atoms with E-state index in [2.05, 4.69) is 18.3 Å². The molecule has 1 amide bonds. The van der Waals surface area contributed by atoms with Crippen molar-refractivity contribution in [2.24, 2.45) is 11.7 Å². The Morgan fingerprint density at radius 2 is 2.17 bits per heavy atom. The molecule has 1 unspecified atom stereocenters. The van der Waals surface area contributed by atoms with Gasteiger partial charge in [-0.2, -0.15) is 5.26 Å². The molecule has 18 heavy (non-hydrogen) atoms.